The van der Waals surface area contributed by atoms with Crippen molar-refractivity contribution < 1.29 is 17.7 Å². The minimum Gasteiger partial charge on any atom is -0.496 e. The molecule has 1 aromatic carbocycles. The van der Waals surface area contributed by atoms with Gasteiger partial charge < -0.3 is 9.26 Å². The molecule has 0 bridgehead atoms. The second kappa shape index (κ2) is 5.22. The fourth-order valence-corrected chi connectivity index (χ4v) is 2.57. The minimum absolute atomic E-state index is 0.140. The van der Waals surface area contributed by atoms with E-state index < -0.39 is 10.0 Å². The maximum atomic E-state index is 12.1. The summed E-state index contributed by atoms with van der Waals surface area (Å²) in [6, 6.07) is 4.51. The Kier molecular flexibility index (Phi) is 3.78. The molecule has 0 spiro atoms. The maximum Gasteiger partial charge on any atom is 0.242 e. The molecule has 1 aromatic heterocycles. The summed E-state index contributed by atoms with van der Waals surface area (Å²) in [5.41, 5.74) is 0.465. The molecular formula is C12H15N3O4S. The van der Waals surface area contributed by atoms with Crippen LogP contribution in [-0.4, -0.2) is 44.1 Å². The Morgan fingerprint density at radius 1 is 1.30 bits per heavy atom. The van der Waals surface area contributed by atoms with Crippen molar-refractivity contribution in [2.45, 2.75) is 11.8 Å². The van der Waals surface area contributed by atoms with Crippen LogP contribution in [0.25, 0.3) is 11.4 Å². The van der Waals surface area contributed by atoms with E-state index in [0.717, 1.165) is 4.31 Å². The molecule has 0 fully saturated rings. The van der Waals surface area contributed by atoms with Gasteiger partial charge >= 0.3 is 0 Å². The molecule has 0 saturated heterocycles. The molecule has 0 aliphatic heterocycles. The summed E-state index contributed by atoms with van der Waals surface area (Å²) < 4.78 is 35.5. The zero-order chi connectivity index (χ0) is 14.9. The number of hydrogen-bond acceptors (Lipinski definition) is 6. The molecule has 0 amide bonds. The van der Waals surface area contributed by atoms with Crippen LogP contribution in [-0.2, 0) is 10.0 Å². The molecule has 0 unspecified atom stereocenters. The molecule has 108 valence electrons. The smallest absolute Gasteiger partial charge is 0.242 e. The lowest BCUT2D eigenvalue weighted by molar-refractivity contribution is 0.392. The zero-order valence-electron chi connectivity index (χ0n) is 11.6. The minimum atomic E-state index is -3.53. The number of methoxy groups -OCH3 is 1. The Morgan fingerprint density at radius 3 is 2.50 bits per heavy atom. The Balaban J connectivity index is 2.61. The molecule has 1 heterocycles. The van der Waals surface area contributed by atoms with Crippen molar-refractivity contribution in [3.8, 4) is 17.1 Å². The first kappa shape index (κ1) is 14.5. The highest BCUT2D eigenvalue weighted by atomic mass is 32.2. The van der Waals surface area contributed by atoms with Crippen molar-refractivity contribution in [3.63, 3.8) is 0 Å². The predicted octanol–water partition coefficient (Wildman–Crippen LogP) is 1.30. The summed E-state index contributed by atoms with van der Waals surface area (Å²) in [6.45, 7) is 1.66. The molecule has 0 saturated carbocycles. The van der Waals surface area contributed by atoms with Crippen molar-refractivity contribution in [2.24, 2.45) is 0 Å². The fourth-order valence-electron chi connectivity index (χ4n) is 1.64. The molecule has 0 N–H and O–H groups in total. The average molecular weight is 297 g/mol. The summed E-state index contributed by atoms with van der Waals surface area (Å²) in [7, 11) is 0.898. The van der Waals surface area contributed by atoms with Crippen LogP contribution in [0.15, 0.2) is 27.6 Å². The molecule has 20 heavy (non-hydrogen) atoms. The summed E-state index contributed by atoms with van der Waals surface area (Å²) in [5.74, 6) is 1.15. The largest absolute Gasteiger partial charge is 0.496 e. The van der Waals surface area contributed by atoms with Gasteiger partial charge in [-0.05, 0) is 18.2 Å². The SMILES string of the molecule is COc1ccc(S(=O)(=O)N(C)C)cc1-c1noc(C)n1. The Labute approximate surface area is 117 Å². The molecule has 0 aliphatic carbocycles. The van der Waals surface area contributed by atoms with Crippen molar-refractivity contribution in [3.05, 3.63) is 24.1 Å². The Bertz CT molecular complexity index is 722. The number of hydrogen-bond donors (Lipinski definition) is 0. The van der Waals surface area contributed by atoms with Gasteiger partial charge in [-0.25, -0.2) is 12.7 Å². The van der Waals surface area contributed by atoms with Crippen molar-refractivity contribution in [1.29, 1.82) is 0 Å². The third-order valence-electron chi connectivity index (χ3n) is 2.72. The van der Waals surface area contributed by atoms with E-state index in [0.29, 0.717) is 17.2 Å². The monoisotopic (exact) mass is 297 g/mol. The number of nitrogens with zero attached hydrogens (tertiary/aromatic N) is 3. The fraction of sp³-hybridized carbons (Fsp3) is 0.333. The van der Waals surface area contributed by atoms with Gasteiger partial charge in [-0.15, -0.1) is 0 Å². The van der Waals surface area contributed by atoms with E-state index in [9.17, 15) is 8.42 Å². The topological polar surface area (TPSA) is 85.5 Å². The first-order valence-electron chi connectivity index (χ1n) is 5.77. The second-order valence-corrected chi connectivity index (χ2v) is 6.44. The third kappa shape index (κ3) is 2.52. The molecule has 0 radical (unpaired) electrons. The third-order valence-corrected chi connectivity index (χ3v) is 4.53. The zero-order valence-corrected chi connectivity index (χ0v) is 12.4. The molecule has 2 aromatic rings. The van der Waals surface area contributed by atoms with Crippen LogP contribution in [0.4, 0.5) is 0 Å². The van der Waals surface area contributed by atoms with Gasteiger partial charge in [0, 0.05) is 21.0 Å². The summed E-state index contributed by atoms with van der Waals surface area (Å²) in [6.07, 6.45) is 0. The highest BCUT2D eigenvalue weighted by Gasteiger charge is 2.21. The molecule has 8 heteroatoms. The lowest BCUT2D eigenvalue weighted by atomic mass is 10.2. The summed E-state index contributed by atoms with van der Waals surface area (Å²) >= 11 is 0. The highest BCUT2D eigenvalue weighted by molar-refractivity contribution is 7.89. The van der Waals surface area contributed by atoms with Gasteiger partial charge in [0.1, 0.15) is 5.75 Å². The summed E-state index contributed by atoms with van der Waals surface area (Å²) in [5, 5.41) is 3.79. The van der Waals surface area contributed by atoms with Crippen molar-refractivity contribution >= 4 is 10.0 Å². The van der Waals surface area contributed by atoms with E-state index in [4.69, 9.17) is 9.26 Å². The average Bonchev–Trinajstić information content (AvgIpc) is 2.84. The standard InChI is InChI=1S/C12H15N3O4S/c1-8-13-12(14-19-8)10-7-9(5-6-11(10)18-4)20(16,17)15(2)3/h5-7H,1-4H3. The van der Waals surface area contributed by atoms with Gasteiger partial charge in [-0.3, -0.25) is 0 Å². The first-order valence-corrected chi connectivity index (χ1v) is 7.21. The Hall–Kier alpha value is -1.93. The van der Waals surface area contributed by atoms with E-state index in [1.54, 1.807) is 13.0 Å². The van der Waals surface area contributed by atoms with Crippen LogP contribution in [0.1, 0.15) is 5.89 Å². The molecule has 2 rings (SSSR count). The van der Waals surface area contributed by atoms with Gasteiger partial charge in [0.25, 0.3) is 0 Å². The van der Waals surface area contributed by atoms with Crippen molar-refractivity contribution in [1.82, 2.24) is 14.4 Å². The molecule has 7 nitrogen and oxygen atoms in total. The number of ether oxygens (including phenoxy) is 1. The summed E-state index contributed by atoms with van der Waals surface area (Å²) in [4.78, 5) is 4.23. The quantitative estimate of drug-likeness (QED) is 0.845. The number of aryl methyl sites for hydroxylation is 1. The van der Waals surface area contributed by atoms with Gasteiger partial charge in [0.15, 0.2) is 0 Å². The van der Waals surface area contributed by atoms with Crippen molar-refractivity contribution in [2.75, 3.05) is 21.2 Å². The van der Waals surface area contributed by atoms with Gasteiger partial charge in [0.2, 0.25) is 21.7 Å². The number of benzene rings is 1. The van der Waals surface area contributed by atoms with Gasteiger partial charge in [0.05, 0.1) is 17.6 Å². The van der Waals surface area contributed by atoms with Crippen LogP contribution >= 0.6 is 0 Å². The normalized spacial score (nSPS) is 11.8. The van der Waals surface area contributed by atoms with E-state index in [1.807, 2.05) is 0 Å². The maximum absolute atomic E-state index is 12.1. The lowest BCUT2D eigenvalue weighted by Crippen LogP contribution is -2.22. The highest BCUT2D eigenvalue weighted by Crippen LogP contribution is 2.30. The van der Waals surface area contributed by atoms with Crippen LogP contribution in [0.3, 0.4) is 0 Å². The predicted molar refractivity (Wildman–Crippen MR) is 71.9 cm³/mol. The van der Waals surface area contributed by atoms with Crippen LogP contribution < -0.4 is 4.74 Å². The molecule has 0 aliphatic rings. The molecular weight excluding hydrogens is 282 g/mol. The number of sulfonamides is 1. The van der Waals surface area contributed by atoms with Gasteiger partial charge in [-0.2, -0.15) is 4.98 Å². The first-order chi connectivity index (χ1) is 9.36. The van der Waals surface area contributed by atoms with E-state index in [2.05, 4.69) is 10.1 Å². The lowest BCUT2D eigenvalue weighted by Gasteiger charge is -2.13. The van der Waals surface area contributed by atoms with Crippen LogP contribution in [0, 0.1) is 6.92 Å². The van der Waals surface area contributed by atoms with E-state index in [1.165, 1.54) is 33.3 Å². The van der Waals surface area contributed by atoms with Crippen LogP contribution in [0.2, 0.25) is 0 Å². The number of aromatic nitrogens is 2. The van der Waals surface area contributed by atoms with Gasteiger partial charge in [-0.1, -0.05) is 5.16 Å². The molecule has 0 atom stereocenters. The van der Waals surface area contributed by atoms with Crippen LogP contribution in [0.5, 0.6) is 5.75 Å². The Morgan fingerprint density at radius 2 is 2.00 bits per heavy atom. The van der Waals surface area contributed by atoms with E-state index >= 15 is 0 Å². The number of rotatable bonds is 4. The van der Waals surface area contributed by atoms with E-state index in [-0.39, 0.29) is 10.7 Å². The second-order valence-electron chi connectivity index (χ2n) is 4.29.